The van der Waals surface area contributed by atoms with Crippen LogP contribution in [0.5, 0.6) is 11.5 Å². The molecule has 0 radical (unpaired) electrons. The lowest BCUT2D eigenvalue weighted by Gasteiger charge is -2.12. The quantitative estimate of drug-likeness (QED) is 0.293. The van der Waals surface area contributed by atoms with E-state index in [0.717, 1.165) is 10.8 Å². The molecule has 0 bridgehead atoms. The highest BCUT2D eigenvalue weighted by Crippen LogP contribution is 2.30. The van der Waals surface area contributed by atoms with Gasteiger partial charge in [-0.25, -0.2) is 4.79 Å². The van der Waals surface area contributed by atoms with Gasteiger partial charge in [0.15, 0.2) is 5.75 Å². The lowest BCUT2D eigenvalue weighted by molar-refractivity contribution is 0.102. The van der Waals surface area contributed by atoms with Gasteiger partial charge in [0.1, 0.15) is 16.9 Å². The maximum absolute atomic E-state index is 13.0. The normalized spacial score (nSPS) is 10.8. The Hall–Kier alpha value is -4.38. The zero-order chi connectivity index (χ0) is 21.2. The molecule has 1 amide bonds. The largest absolute Gasteiger partial charge is 0.455 e. The molecule has 1 N–H and O–H groups in total. The van der Waals surface area contributed by atoms with Gasteiger partial charge in [0.25, 0.3) is 5.91 Å². The minimum Gasteiger partial charge on any atom is -0.455 e. The molecule has 5 nitrogen and oxygen atoms in total. The molecule has 0 unspecified atom stereocenters. The number of hydrogen-bond donors (Lipinski definition) is 1. The van der Waals surface area contributed by atoms with E-state index in [0.29, 0.717) is 28.2 Å². The first-order chi connectivity index (χ1) is 15.2. The standard InChI is InChI=1S/C26H17NO4/c28-25(27-22-12-6-7-13-24(22)30-18-9-2-1-3-10-18)21-16-20-19-11-5-4-8-17(19)14-15-23(20)31-26(21)29/h1-16H,(H,27,28). The maximum Gasteiger partial charge on any atom is 0.349 e. The summed E-state index contributed by atoms with van der Waals surface area (Å²) in [6.07, 6.45) is 0. The van der Waals surface area contributed by atoms with Gasteiger partial charge in [0, 0.05) is 5.39 Å². The summed E-state index contributed by atoms with van der Waals surface area (Å²) in [6.45, 7) is 0. The molecular weight excluding hydrogens is 390 g/mol. The van der Waals surface area contributed by atoms with Crippen molar-refractivity contribution in [3.05, 3.63) is 113 Å². The topological polar surface area (TPSA) is 68.5 Å². The predicted octanol–water partition coefficient (Wildman–Crippen LogP) is 5.99. The first-order valence-electron chi connectivity index (χ1n) is 9.78. The molecule has 0 aliphatic heterocycles. The van der Waals surface area contributed by atoms with Gasteiger partial charge in [-0.1, -0.05) is 60.7 Å². The van der Waals surface area contributed by atoms with Gasteiger partial charge in [0.05, 0.1) is 5.69 Å². The van der Waals surface area contributed by atoms with E-state index >= 15 is 0 Å². The van der Waals surface area contributed by atoms with Crippen LogP contribution >= 0.6 is 0 Å². The third kappa shape index (κ3) is 3.65. The number of rotatable bonds is 4. The van der Waals surface area contributed by atoms with Gasteiger partial charge >= 0.3 is 5.63 Å². The number of benzene rings is 4. The van der Waals surface area contributed by atoms with E-state index in [9.17, 15) is 9.59 Å². The van der Waals surface area contributed by atoms with E-state index in [-0.39, 0.29) is 5.56 Å². The Morgan fingerprint density at radius 3 is 2.39 bits per heavy atom. The SMILES string of the molecule is O=C(Nc1ccccc1Oc1ccccc1)c1cc2c(ccc3ccccc32)oc1=O. The summed E-state index contributed by atoms with van der Waals surface area (Å²) in [5.41, 5.74) is 0.127. The Kier molecular flexibility index (Phi) is 4.69. The number of carbonyl (C=O) groups excluding carboxylic acids is 1. The molecule has 1 heterocycles. The number of amides is 1. The van der Waals surface area contributed by atoms with E-state index in [1.165, 1.54) is 0 Å². The zero-order valence-corrected chi connectivity index (χ0v) is 16.4. The average Bonchev–Trinajstić information content (AvgIpc) is 2.80. The van der Waals surface area contributed by atoms with Gasteiger partial charge in [-0.3, -0.25) is 4.79 Å². The second-order valence-corrected chi connectivity index (χ2v) is 7.01. The van der Waals surface area contributed by atoms with Crippen LogP contribution in [-0.4, -0.2) is 5.91 Å². The van der Waals surface area contributed by atoms with Crippen molar-refractivity contribution in [3.8, 4) is 11.5 Å². The number of fused-ring (bicyclic) bond motifs is 3. The summed E-state index contributed by atoms with van der Waals surface area (Å²) >= 11 is 0. The molecular formula is C26H17NO4. The molecule has 150 valence electrons. The van der Waals surface area contributed by atoms with E-state index < -0.39 is 11.5 Å². The molecule has 0 spiro atoms. The van der Waals surface area contributed by atoms with E-state index in [1.54, 1.807) is 30.3 Å². The fraction of sp³-hybridized carbons (Fsp3) is 0. The van der Waals surface area contributed by atoms with Gasteiger partial charge in [-0.15, -0.1) is 0 Å². The Morgan fingerprint density at radius 2 is 1.52 bits per heavy atom. The van der Waals surface area contributed by atoms with Gasteiger partial charge in [0.2, 0.25) is 0 Å². The highest BCUT2D eigenvalue weighted by Gasteiger charge is 2.17. The van der Waals surface area contributed by atoms with Crippen molar-refractivity contribution in [1.82, 2.24) is 0 Å². The third-order valence-electron chi connectivity index (χ3n) is 4.99. The van der Waals surface area contributed by atoms with Gasteiger partial charge in [-0.05, 0) is 47.2 Å². The Labute approximate surface area is 177 Å². The van der Waals surface area contributed by atoms with E-state index in [4.69, 9.17) is 9.15 Å². The van der Waals surface area contributed by atoms with Crippen LogP contribution in [0.2, 0.25) is 0 Å². The molecule has 31 heavy (non-hydrogen) atoms. The fourth-order valence-electron chi connectivity index (χ4n) is 3.49. The maximum atomic E-state index is 13.0. The zero-order valence-electron chi connectivity index (χ0n) is 16.4. The number of ether oxygens (including phenoxy) is 1. The van der Waals surface area contributed by atoms with Crippen LogP contribution in [0.15, 0.2) is 106 Å². The lowest BCUT2D eigenvalue weighted by Crippen LogP contribution is -2.21. The Morgan fingerprint density at radius 1 is 0.774 bits per heavy atom. The molecule has 0 atom stereocenters. The van der Waals surface area contributed by atoms with Crippen molar-refractivity contribution in [2.24, 2.45) is 0 Å². The summed E-state index contributed by atoms with van der Waals surface area (Å²) < 4.78 is 11.3. The van der Waals surface area contributed by atoms with Crippen molar-refractivity contribution < 1.29 is 13.9 Å². The van der Waals surface area contributed by atoms with Crippen LogP contribution in [0.1, 0.15) is 10.4 Å². The van der Waals surface area contributed by atoms with Crippen LogP contribution in [0.3, 0.4) is 0 Å². The minimum absolute atomic E-state index is 0.0710. The number of nitrogens with one attached hydrogen (secondary N) is 1. The number of para-hydroxylation sites is 3. The van der Waals surface area contributed by atoms with Crippen LogP contribution < -0.4 is 15.7 Å². The molecule has 4 aromatic carbocycles. The van der Waals surface area contributed by atoms with E-state index in [2.05, 4.69) is 5.32 Å². The van der Waals surface area contributed by atoms with Gasteiger partial charge in [-0.2, -0.15) is 0 Å². The molecule has 1 aromatic heterocycles. The number of carbonyl (C=O) groups is 1. The summed E-state index contributed by atoms with van der Waals surface area (Å²) in [5, 5.41) is 5.39. The number of anilines is 1. The minimum atomic E-state index is -0.693. The number of hydrogen-bond acceptors (Lipinski definition) is 4. The predicted molar refractivity (Wildman–Crippen MR) is 121 cm³/mol. The summed E-state index contributed by atoms with van der Waals surface area (Å²) in [4.78, 5) is 25.5. The van der Waals surface area contributed by atoms with Crippen molar-refractivity contribution in [2.75, 3.05) is 5.32 Å². The first kappa shape index (κ1) is 18.6. The summed E-state index contributed by atoms with van der Waals surface area (Å²) in [5.74, 6) is 0.547. The van der Waals surface area contributed by atoms with Crippen molar-refractivity contribution in [2.45, 2.75) is 0 Å². The summed E-state index contributed by atoms with van der Waals surface area (Å²) in [6, 6.07) is 29.3. The van der Waals surface area contributed by atoms with Crippen molar-refractivity contribution in [3.63, 3.8) is 0 Å². The smallest absolute Gasteiger partial charge is 0.349 e. The van der Waals surface area contributed by atoms with Gasteiger partial charge < -0.3 is 14.5 Å². The molecule has 0 aliphatic carbocycles. The molecule has 5 rings (SSSR count). The fourth-order valence-corrected chi connectivity index (χ4v) is 3.49. The van der Waals surface area contributed by atoms with Crippen molar-refractivity contribution in [1.29, 1.82) is 0 Å². The summed E-state index contributed by atoms with van der Waals surface area (Å²) in [7, 11) is 0. The molecule has 5 heteroatoms. The highest BCUT2D eigenvalue weighted by molar-refractivity contribution is 6.10. The highest BCUT2D eigenvalue weighted by atomic mass is 16.5. The molecule has 0 saturated carbocycles. The third-order valence-corrected chi connectivity index (χ3v) is 4.99. The Balaban J connectivity index is 1.52. The Bertz CT molecular complexity index is 1470. The van der Waals surface area contributed by atoms with Crippen LogP contribution in [0.25, 0.3) is 21.7 Å². The molecule has 0 fully saturated rings. The van der Waals surface area contributed by atoms with Crippen LogP contribution in [-0.2, 0) is 0 Å². The molecule has 5 aromatic rings. The second-order valence-electron chi connectivity index (χ2n) is 7.01. The molecule has 0 saturated heterocycles. The first-order valence-corrected chi connectivity index (χ1v) is 9.78. The van der Waals surface area contributed by atoms with Crippen LogP contribution in [0.4, 0.5) is 5.69 Å². The second kappa shape index (κ2) is 7.80. The monoisotopic (exact) mass is 407 g/mol. The van der Waals surface area contributed by atoms with Crippen LogP contribution in [0, 0.1) is 0 Å². The average molecular weight is 407 g/mol. The van der Waals surface area contributed by atoms with Crippen molar-refractivity contribution >= 4 is 33.3 Å². The van der Waals surface area contributed by atoms with E-state index in [1.807, 2.05) is 66.7 Å². The lowest BCUT2D eigenvalue weighted by atomic mass is 10.0. The molecule has 0 aliphatic rings.